The van der Waals surface area contributed by atoms with Crippen LogP contribution in [0.5, 0.6) is 0 Å². The fourth-order valence-electron chi connectivity index (χ4n) is 3.62. The number of urea groups is 1. The van der Waals surface area contributed by atoms with Gasteiger partial charge in [0.15, 0.2) is 0 Å². The van der Waals surface area contributed by atoms with E-state index in [9.17, 15) is 19.7 Å². The number of hydrogen-bond acceptors (Lipinski definition) is 6. The molecule has 0 saturated carbocycles. The molecule has 2 aliphatic rings. The van der Waals surface area contributed by atoms with E-state index < -0.39 is 16.5 Å². The number of likely N-dealkylation sites (tertiary alicyclic amines) is 1. The molecule has 3 heterocycles. The second-order valence-corrected chi connectivity index (χ2v) is 7.81. The van der Waals surface area contributed by atoms with E-state index in [0.717, 1.165) is 11.3 Å². The lowest BCUT2D eigenvalue weighted by atomic mass is 9.88. The van der Waals surface area contributed by atoms with Crippen LogP contribution in [0.2, 0.25) is 0 Å². The van der Waals surface area contributed by atoms with Crippen molar-refractivity contribution in [3.05, 3.63) is 50.7 Å². The van der Waals surface area contributed by atoms with Gasteiger partial charge in [-0.15, -0.1) is 0 Å². The van der Waals surface area contributed by atoms with Crippen molar-refractivity contribution < 1.29 is 18.9 Å². The topological polar surface area (TPSA) is 118 Å². The molecule has 1 aromatic heterocycles. The first-order valence-electron chi connectivity index (χ1n) is 8.75. The van der Waals surface area contributed by atoms with Gasteiger partial charge in [0.05, 0.1) is 11.5 Å². The number of nitrogens with one attached hydrogen (secondary N) is 2. The SMILES string of the molecule is O=C1NC(=O)C2(CCN(Cc3ccc(-c4ccc([N+](=O)[O-])cc4Br)o3)CC2)N1. The second-order valence-electron chi connectivity index (χ2n) is 6.95. The number of nitro groups is 1. The Hall–Kier alpha value is -2.72. The molecule has 1 aromatic carbocycles. The van der Waals surface area contributed by atoms with Crippen LogP contribution in [0, 0.1) is 10.1 Å². The number of piperidine rings is 1. The third-order valence-corrected chi connectivity index (χ3v) is 5.85. The van der Waals surface area contributed by atoms with Crippen molar-refractivity contribution in [3.63, 3.8) is 0 Å². The summed E-state index contributed by atoms with van der Waals surface area (Å²) in [5.41, 5.74) is -0.0431. The predicted octanol–water partition coefficient (Wildman–Crippen LogP) is 2.79. The molecule has 4 rings (SSSR count). The zero-order valence-electron chi connectivity index (χ0n) is 14.7. The first-order chi connectivity index (χ1) is 13.4. The fourth-order valence-corrected chi connectivity index (χ4v) is 4.18. The number of imide groups is 1. The highest BCUT2D eigenvalue weighted by Crippen LogP contribution is 2.33. The van der Waals surface area contributed by atoms with Gasteiger partial charge in [0.25, 0.3) is 11.6 Å². The van der Waals surface area contributed by atoms with Gasteiger partial charge in [-0.3, -0.25) is 25.1 Å². The van der Waals surface area contributed by atoms with Gasteiger partial charge in [-0.25, -0.2) is 4.79 Å². The quantitative estimate of drug-likeness (QED) is 0.421. The van der Waals surface area contributed by atoms with Crippen molar-refractivity contribution in [1.82, 2.24) is 15.5 Å². The summed E-state index contributed by atoms with van der Waals surface area (Å²) in [5, 5.41) is 15.9. The Morgan fingerprint density at radius 1 is 1.21 bits per heavy atom. The molecule has 146 valence electrons. The normalized spacial score (nSPS) is 18.9. The number of carbonyl (C=O) groups excluding carboxylic acids is 2. The van der Waals surface area contributed by atoms with Crippen LogP contribution in [0.25, 0.3) is 11.3 Å². The van der Waals surface area contributed by atoms with Crippen LogP contribution < -0.4 is 10.6 Å². The van der Waals surface area contributed by atoms with Crippen molar-refractivity contribution >= 4 is 33.6 Å². The Morgan fingerprint density at radius 3 is 2.57 bits per heavy atom. The number of nitro benzene ring substituents is 1. The molecule has 2 saturated heterocycles. The molecule has 3 amide bonds. The van der Waals surface area contributed by atoms with Gasteiger partial charge in [0, 0.05) is 35.3 Å². The summed E-state index contributed by atoms with van der Waals surface area (Å²) in [6.07, 6.45) is 1.10. The van der Waals surface area contributed by atoms with Gasteiger partial charge >= 0.3 is 6.03 Å². The lowest BCUT2D eigenvalue weighted by Gasteiger charge is -2.36. The predicted molar refractivity (Wildman–Crippen MR) is 102 cm³/mol. The van der Waals surface area contributed by atoms with Crippen molar-refractivity contribution in [2.75, 3.05) is 13.1 Å². The van der Waals surface area contributed by atoms with Gasteiger partial charge in [-0.1, -0.05) is 0 Å². The maximum absolute atomic E-state index is 12.0. The van der Waals surface area contributed by atoms with Crippen LogP contribution in [0.3, 0.4) is 0 Å². The van der Waals surface area contributed by atoms with E-state index in [-0.39, 0.29) is 11.6 Å². The van der Waals surface area contributed by atoms with E-state index in [1.54, 1.807) is 6.07 Å². The summed E-state index contributed by atoms with van der Waals surface area (Å²) >= 11 is 3.36. The number of nitrogens with zero attached hydrogens (tertiary/aromatic N) is 2. The maximum Gasteiger partial charge on any atom is 0.322 e. The van der Waals surface area contributed by atoms with E-state index in [0.29, 0.717) is 42.7 Å². The number of hydrogen-bond donors (Lipinski definition) is 2. The minimum Gasteiger partial charge on any atom is -0.460 e. The Labute approximate surface area is 168 Å². The Kier molecular flexibility index (Phi) is 4.68. The molecule has 28 heavy (non-hydrogen) atoms. The van der Waals surface area contributed by atoms with Crippen molar-refractivity contribution in [2.24, 2.45) is 0 Å². The van der Waals surface area contributed by atoms with Crippen molar-refractivity contribution in [3.8, 4) is 11.3 Å². The van der Waals surface area contributed by atoms with Gasteiger partial charge in [-0.2, -0.15) is 0 Å². The van der Waals surface area contributed by atoms with E-state index in [2.05, 4.69) is 31.5 Å². The third kappa shape index (κ3) is 3.40. The van der Waals surface area contributed by atoms with Gasteiger partial charge < -0.3 is 9.73 Å². The number of benzene rings is 1. The number of amides is 3. The van der Waals surface area contributed by atoms with Crippen LogP contribution in [0.4, 0.5) is 10.5 Å². The van der Waals surface area contributed by atoms with Crippen LogP contribution >= 0.6 is 15.9 Å². The summed E-state index contributed by atoms with van der Waals surface area (Å²) < 4.78 is 6.51. The highest BCUT2D eigenvalue weighted by atomic mass is 79.9. The highest BCUT2D eigenvalue weighted by molar-refractivity contribution is 9.10. The van der Waals surface area contributed by atoms with Crippen LogP contribution in [-0.4, -0.2) is 40.4 Å². The molecule has 0 atom stereocenters. The first-order valence-corrected chi connectivity index (χ1v) is 9.55. The molecular formula is C18H17BrN4O5. The molecule has 2 aromatic rings. The summed E-state index contributed by atoms with van der Waals surface area (Å²) in [5.74, 6) is 1.13. The highest BCUT2D eigenvalue weighted by Gasteiger charge is 2.47. The third-order valence-electron chi connectivity index (χ3n) is 5.19. The van der Waals surface area contributed by atoms with E-state index >= 15 is 0 Å². The van der Waals surface area contributed by atoms with Gasteiger partial charge in [0.1, 0.15) is 17.1 Å². The molecule has 2 aliphatic heterocycles. The van der Waals surface area contributed by atoms with E-state index in [4.69, 9.17) is 4.42 Å². The molecule has 2 fully saturated rings. The number of furan rings is 1. The molecular weight excluding hydrogens is 432 g/mol. The van der Waals surface area contributed by atoms with E-state index in [1.165, 1.54) is 12.1 Å². The summed E-state index contributed by atoms with van der Waals surface area (Å²) in [6, 6.07) is 7.81. The Bertz CT molecular complexity index is 965. The minimum absolute atomic E-state index is 0.00712. The van der Waals surface area contributed by atoms with Crippen LogP contribution in [-0.2, 0) is 11.3 Å². The molecule has 1 spiro atoms. The number of rotatable bonds is 4. The number of halogens is 1. The zero-order valence-corrected chi connectivity index (χ0v) is 16.3. The van der Waals surface area contributed by atoms with Crippen molar-refractivity contribution in [2.45, 2.75) is 24.9 Å². The molecule has 10 heteroatoms. The van der Waals surface area contributed by atoms with E-state index in [1.807, 2.05) is 12.1 Å². The van der Waals surface area contributed by atoms with Gasteiger partial charge in [0.2, 0.25) is 0 Å². The molecule has 9 nitrogen and oxygen atoms in total. The molecule has 0 radical (unpaired) electrons. The fraction of sp³-hybridized carbons (Fsp3) is 0.333. The molecule has 2 N–H and O–H groups in total. The lowest BCUT2D eigenvalue weighted by molar-refractivity contribution is -0.384. The van der Waals surface area contributed by atoms with Crippen molar-refractivity contribution in [1.29, 1.82) is 0 Å². The van der Waals surface area contributed by atoms with Gasteiger partial charge in [-0.05, 0) is 47.0 Å². The summed E-state index contributed by atoms with van der Waals surface area (Å²) in [7, 11) is 0. The monoisotopic (exact) mass is 448 g/mol. The Balaban J connectivity index is 1.42. The number of carbonyl (C=O) groups is 2. The van der Waals surface area contributed by atoms with Crippen LogP contribution in [0.1, 0.15) is 18.6 Å². The smallest absolute Gasteiger partial charge is 0.322 e. The summed E-state index contributed by atoms with van der Waals surface area (Å²) in [6.45, 7) is 1.90. The average molecular weight is 449 g/mol. The molecule has 0 unspecified atom stereocenters. The first kappa shape index (κ1) is 18.6. The lowest BCUT2D eigenvalue weighted by Crippen LogP contribution is -2.54. The average Bonchev–Trinajstić information content (AvgIpc) is 3.21. The summed E-state index contributed by atoms with van der Waals surface area (Å²) in [4.78, 5) is 36.0. The molecule has 0 bridgehead atoms. The second kappa shape index (κ2) is 7.02. The standard InChI is InChI=1S/C18H17BrN4O5/c19-14-9-11(23(26)27)1-3-13(14)15-4-2-12(28-15)10-22-7-5-18(6-8-22)16(24)20-17(25)21-18/h1-4,9H,5-8,10H2,(H2,20,21,24,25). The number of non-ortho nitro benzene ring substituents is 1. The maximum atomic E-state index is 12.0. The zero-order chi connectivity index (χ0) is 19.9. The minimum atomic E-state index is -0.786. The molecule has 0 aliphatic carbocycles. The Morgan fingerprint density at radius 2 is 1.96 bits per heavy atom. The largest absolute Gasteiger partial charge is 0.460 e. The van der Waals surface area contributed by atoms with Crippen LogP contribution in [0.15, 0.2) is 39.2 Å².